The Morgan fingerprint density at radius 3 is 2.44 bits per heavy atom. The molecule has 0 saturated heterocycles. The number of nitrogens with one attached hydrogen (secondary N) is 1. The Kier molecular flexibility index (Phi) is 6.50. The van der Waals surface area contributed by atoms with Crippen LogP contribution in [0.2, 0.25) is 0 Å². The van der Waals surface area contributed by atoms with Gasteiger partial charge in [0.15, 0.2) is 0 Å². The summed E-state index contributed by atoms with van der Waals surface area (Å²) in [6.45, 7) is 7.63. The first-order valence-corrected chi connectivity index (χ1v) is 8.73. The topological polar surface area (TPSA) is 71.5 Å². The summed E-state index contributed by atoms with van der Waals surface area (Å²) in [4.78, 5) is 29.8. The lowest BCUT2D eigenvalue weighted by Crippen LogP contribution is -2.56. The summed E-state index contributed by atoms with van der Waals surface area (Å²) in [6.07, 6.45) is 2.29. The Morgan fingerprint density at radius 2 is 1.81 bits per heavy atom. The monoisotopic (exact) mass is 373 g/mol. The first-order valence-electron chi connectivity index (χ1n) is 8.73. The molecule has 0 bridgehead atoms. The summed E-state index contributed by atoms with van der Waals surface area (Å²) in [5, 5.41) is 1.16. The van der Waals surface area contributed by atoms with Gasteiger partial charge in [-0.25, -0.2) is 14.4 Å². The number of halogens is 1. The highest BCUT2D eigenvalue weighted by molar-refractivity contribution is 6.00. The van der Waals surface area contributed by atoms with Crippen LogP contribution in [-0.2, 0) is 0 Å². The highest BCUT2D eigenvalue weighted by Crippen LogP contribution is 2.21. The van der Waals surface area contributed by atoms with Gasteiger partial charge in [0.25, 0.3) is 11.8 Å². The van der Waals surface area contributed by atoms with Crippen molar-refractivity contribution in [2.45, 2.75) is 39.7 Å². The zero-order valence-corrected chi connectivity index (χ0v) is 16.0. The SMILES string of the molecule is CCCOc1ncccc1C(=O)N(NC(=O)c1ccccc1F)C(C)(C)C. The second-order valence-electron chi connectivity index (χ2n) is 6.94. The fourth-order valence-electron chi connectivity index (χ4n) is 2.32. The molecular formula is C20H24FN3O3. The average molecular weight is 373 g/mol. The van der Waals surface area contributed by atoms with E-state index in [1.165, 1.54) is 24.4 Å². The van der Waals surface area contributed by atoms with Crippen molar-refractivity contribution in [2.75, 3.05) is 6.61 Å². The maximum atomic E-state index is 13.9. The molecule has 0 saturated carbocycles. The number of aromatic nitrogens is 1. The van der Waals surface area contributed by atoms with Crippen molar-refractivity contribution in [3.05, 3.63) is 59.5 Å². The molecule has 1 aromatic heterocycles. The number of hydrogen-bond acceptors (Lipinski definition) is 4. The molecule has 0 fully saturated rings. The average Bonchev–Trinajstić information content (AvgIpc) is 2.63. The summed E-state index contributed by atoms with van der Waals surface area (Å²) in [7, 11) is 0. The summed E-state index contributed by atoms with van der Waals surface area (Å²) < 4.78 is 19.5. The van der Waals surface area contributed by atoms with Gasteiger partial charge >= 0.3 is 0 Å². The Bertz CT molecular complexity index is 818. The fraction of sp³-hybridized carbons (Fsp3) is 0.350. The molecule has 2 amide bonds. The van der Waals surface area contributed by atoms with Crippen molar-refractivity contribution in [1.82, 2.24) is 15.4 Å². The second kappa shape index (κ2) is 8.62. The number of hydrazine groups is 1. The van der Waals surface area contributed by atoms with E-state index in [2.05, 4.69) is 10.4 Å². The highest BCUT2D eigenvalue weighted by atomic mass is 19.1. The van der Waals surface area contributed by atoms with Crippen LogP contribution in [0.3, 0.4) is 0 Å². The Hall–Kier alpha value is -2.96. The maximum absolute atomic E-state index is 13.9. The van der Waals surface area contributed by atoms with Crippen molar-refractivity contribution in [1.29, 1.82) is 0 Å². The number of pyridine rings is 1. The molecule has 1 heterocycles. The van der Waals surface area contributed by atoms with Gasteiger partial charge < -0.3 is 4.74 Å². The van der Waals surface area contributed by atoms with Crippen molar-refractivity contribution in [3.8, 4) is 5.88 Å². The van der Waals surface area contributed by atoms with Crippen LogP contribution in [-0.4, -0.2) is 34.0 Å². The number of amides is 2. The minimum absolute atomic E-state index is 0.145. The van der Waals surface area contributed by atoms with Crippen LogP contribution < -0.4 is 10.2 Å². The highest BCUT2D eigenvalue weighted by Gasteiger charge is 2.32. The van der Waals surface area contributed by atoms with Gasteiger partial charge in [0.2, 0.25) is 5.88 Å². The van der Waals surface area contributed by atoms with Gasteiger partial charge in [-0.05, 0) is 51.5 Å². The first-order chi connectivity index (χ1) is 12.8. The van der Waals surface area contributed by atoms with Gasteiger partial charge in [-0.3, -0.25) is 15.0 Å². The number of rotatable bonds is 5. The number of nitrogens with zero attached hydrogens (tertiary/aromatic N) is 2. The number of ether oxygens (including phenoxy) is 1. The van der Waals surface area contributed by atoms with Crippen LogP contribution in [0.1, 0.15) is 54.8 Å². The molecule has 144 valence electrons. The lowest BCUT2D eigenvalue weighted by atomic mass is 10.1. The molecule has 0 spiro atoms. The van der Waals surface area contributed by atoms with E-state index in [1.54, 1.807) is 39.0 Å². The Balaban J connectivity index is 2.34. The molecular weight excluding hydrogens is 349 g/mol. The lowest BCUT2D eigenvalue weighted by Gasteiger charge is -2.35. The third kappa shape index (κ3) is 5.03. The number of hydrogen-bond donors (Lipinski definition) is 1. The normalized spacial score (nSPS) is 11.0. The van der Waals surface area contributed by atoms with E-state index in [1.807, 2.05) is 6.92 Å². The van der Waals surface area contributed by atoms with E-state index in [4.69, 9.17) is 4.74 Å². The van der Waals surface area contributed by atoms with Gasteiger partial charge in [0.1, 0.15) is 11.4 Å². The molecule has 0 aliphatic heterocycles. The van der Waals surface area contributed by atoms with Crippen LogP contribution in [0, 0.1) is 5.82 Å². The van der Waals surface area contributed by atoms with Crippen molar-refractivity contribution in [3.63, 3.8) is 0 Å². The zero-order chi connectivity index (χ0) is 20.0. The van der Waals surface area contributed by atoms with Crippen molar-refractivity contribution >= 4 is 11.8 Å². The van der Waals surface area contributed by atoms with E-state index in [9.17, 15) is 14.0 Å². The first kappa shape index (κ1) is 20.4. The largest absolute Gasteiger partial charge is 0.477 e. The van der Waals surface area contributed by atoms with Crippen LogP contribution in [0.25, 0.3) is 0 Å². The van der Waals surface area contributed by atoms with Gasteiger partial charge in [-0.15, -0.1) is 0 Å². The van der Waals surface area contributed by atoms with Gasteiger partial charge in [0, 0.05) is 6.20 Å². The second-order valence-corrected chi connectivity index (χ2v) is 6.94. The van der Waals surface area contributed by atoms with E-state index in [-0.39, 0.29) is 17.0 Å². The minimum Gasteiger partial charge on any atom is -0.477 e. The third-order valence-corrected chi connectivity index (χ3v) is 3.65. The molecule has 0 aliphatic carbocycles. The fourth-order valence-corrected chi connectivity index (χ4v) is 2.32. The molecule has 0 unspecified atom stereocenters. The molecule has 6 nitrogen and oxygen atoms in total. The number of carbonyl (C=O) groups excluding carboxylic acids is 2. The zero-order valence-electron chi connectivity index (χ0n) is 16.0. The quantitative estimate of drug-likeness (QED) is 0.813. The summed E-state index contributed by atoms with van der Waals surface area (Å²) in [5.41, 5.74) is 1.82. The standard InChI is InChI=1S/C20H24FN3O3/c1-5-13-27-18-15(10-8-12-22-18)19(26)24(20(2,3)4)23-17(25)14-9-6-7-11-16(14)21/h6-12H,5,13H2,1-4H3,(H,23,25). The van der Waals surface area contributed by atoms with Crippen LogP contribution in [0.15, 0.2) is 42.6 Å². The molecule has 0 atom stereocenters. The Morgan fingerprint density at radius 1 is 1.15 bits per heavy atom. The van der Waals surface area contributed by atoms with Gasteiger partial charge in [0.05, 0.1) is 17.7 Å². The van der Waals surface area contributed by atoms with Crippen molar-refractivity contribution in [2.24, 2.45) is 0 Å². The van der Waals surface area contributed by atoms with Gasteiger partial charge in [-0.1, -0.05) is 19.1 Å². The number of benzene rings is 1. The maximum Gasteiger partial charge on any atom is 0.278 e. The van der Waals surface area contributed by atoms with E-state index in [0.717, 1.165) is 11.4 Å². The van der Waals surface area contributed by atoms with Crippen LogP contribution >= 0.6 is 0 Å². The minimum atomic E-state index is -0.768. The molecule has 27 heavy (non-hydrogen) atoms. The van der Waals surface area contributed by atoms with Gasteiger partial charge in [-0.2, -0.15) is 0 Å². The summed E-state index contributed by atoms with van der Waals surface area (Å²) in [6, 6.07) is 8.79. The molecule has 2 rings (SSSR count). The van der Waals surface area contributed by atoms with Crippen LogP contribution in [0.5, 0.6) is 5.88 Å². The predicted molar refractivity (Wildman–Crippen MR) is 99.8 cm³/mol. The van der Waals surface area contributed by atoms with E-state index in [0.29, 0.717) is 6.61 Å². The van der Waals surface area contributed by atoms with Crippen molar-refractivity contribution < 1.29 is 18.7 Å². The van der Waals surface area contributed by atoms with E-state index >= 15 is 0 Å². The molecule has 0 radical (unpaired) electrons. The molecule has 1 N–H and O–H groups in total. The summed E-state index contributed by atoms with van der Waals surface area (Å²) >= 11 is 0. The third-order valence-electron chi connectivity index (χ3n) is 3.65. The van der Waals surface area contributed by atoms with E-state index < -0.39 is 23.2 Å². The molecule has 7 heteroatoms. The lowest BCUT2D eigenvalue weighted by molar-refractivity contribution is 0.0353. The molecule has 2 aromatic rings. The smallest absolute Gasteiger partial charge is 0.278 e. The predicted octanol–water partition coefficient (Wildman–Crippen LogP) is 3.60. The summed E-state index contributed by atoms with van der Waals surface area (Å²) in [5.74, 6) is -1.67. The van der Waals surface area contributed by atoms with Crippen LogP contribution in [0.4, 0.5) is 4.39 Å². The Labute approximate surface area is 158 Å². The number of carbonyl (C=O) groups is 2. The molecule has 0 aliphatic rings. The molecule has 1 aromatic carbocycles.